The Bertz CT molecular complexity index is 2020. The molecule has 5 rings (SSSR count). The molecule has 0 saturated carbocycles. The smallest absolute Gasteiger partial charge is 0.331 e. The zero-order chi connectivity index (χ0) is 40.3. The fourth-order valence-corrected chi connectivity index (χ4v) is 4.10. The molecule has 2 aliphatic heterocycles. The summed E-state index contributed by atoms with van der Waals surface area (Å²) in [4.78, 5) is 45.1. The maximum absolute atomic E-state index is 14.9. The van der Waals surface area contributed by atoms with Crippen molar-refractivity contribution in [2.45, 2.75) is 49.7 Å². The van der Waals surface area contributed by atoms with E-state index < -0.39 is 126 Å². The van der Waals surface area contributed by atoms with E-state index in [9.17, 15) is 36.3 Å². The van der Waals surface area contributed by atoms with E-state index in [1.165, 1.54) is 6.07 Å². The molecule has 14 heteroatoms. The minimum absolute atomic E-state index is 0.0619. The van der Waals surface area contributed by atoms with E-state index in [-0.39, 0.29) is 10.2 Å². The molecule has 2 aliphatic rings. The summed E-state index contributed by atoms with van der Waals surface area (Å²) in [6.45, 7) is -14.7. The van der Waals surface area contributed by atoms with Gasteiger partial charge in [-0.25, -0.2) is 23.4 Å². The number of imidazole rings is 1. The third kappa shape index (κ3) is 5.65. The first-order valence-corrected chi connectivity index (χ1v) is 11.4. The molecule has 9 nitrogen and oxygen atoms in total. The number of alkyl halides is 3. The summed E-state index contributed by atoms with van der Waals surface area (Å²) < 4.78 is 182. The predicted octanol–water partition coefficient (Wildman–Crippen LogP) is 3.69. The monoisotopic (exact) mass is 579 g/mol. The minimum Gasteiger partial charge on any atom is -0.331 e. The lowest BCUT2D eigenvalue weighted by atomic mass is 9.93. The maximum atomic E-state index is 14.9. The molecule has 2 aromatic heterocycles. The van der Waals surface area contributed by atoms with E-state index >= 15 is 0 Å². The van der Waals surface area contributed by atoms with Gasteiger partial charge in [-0.2, -0.15) is 13.2 Å². The third-order valence-corrected chi connectivity index (χ3v) is 5.87. The third-order valence-electron chi connectivity index (χ3n) is 5.87. The highest BCUT2D eigenvalue weighted by atomic mass is 19.4. The molecule has 0 unspecified atom stereocenters. The lowest BCUT2D eigenvalue weighted by Crippen LogP contribution is -2.54. The molecular weight excluding hydrogens is 539 g/mol. The van der Waals surface area contributed by atoms with Crippen LogP contribution in [-0.4, -0.2) is 74.5 Å². The number of fused-ring (bicyclic) bond motifs is 1. The van der Waals surface area contributed by atoms with Gasteiger partial charge in [-0.1, -0.05) is 12.1 Å². The van der Waals surface area contributed by atoms with E-state index in [0.717, 1.165) is 24.4 Å². The number of carbonyl (C=O) groups is 2. The Morgan fingerprint density at radius 3 is 2.65 bits per heavy atom. The summed E-state index contributed by atoms with van der Waals surface area (Å²) in [5.74, 6) is -7.67. The van der Waals surface area contributed by atoms with Crippen LogP contribution in [0.25, 0.3) is 11.2 Å². The van der Waals surface area contributed by atoms with Crippen LogP contribution in [0, 0.1) is 11.6 Å². The topological polar surface area (TPSA) is 103 Å². The number of H-pyrrole nitrogens is 1. The quantitative estimate of drug-likeness (QED) is 0.461. The number of hydrogen-bond acceptors (Lipinski definition) is 4. The molecular formula is C26H27F5N6O3. The van der Waals surface area contributed by atoms with Gasteiger partial charge in [-0.15, -0.1) is 0 Å². The van der Waals surface area contributed by atoms with Gasteiger partial charge in [0, 0.05) is 51.4 Å². The summed E-state index contributed by atoms with van der Waals surface area (Å²) in [5.41, 5.74) is -3.21. The summed E-state index contributed by atoms with van der Waals surface area (Å²) in [5, 5.41) is 1.57. The SMILES string of the molecule is [2H]C1([2H])C[C@@H](NC(=O)N2C([2H])([2H])C([2H])([2H])C([2H])(n3c(=O)[nH]c4ncccc43)C([2H])([2H])C2([2H])[2H])C(=O)N(C([2H])([2H])C(F)(F)F)C[C@@H]1c1cccc(F)c1F. The van der Waals surface area contributed by atoms with E-state index in [1.54, 1.807) is 5.32 Å². The highest BCUT2D eigenvalue weighted by Crippen LogP contribution is 2.32. The second-order valence-corrected chi connectivity index (χ2v) is 8.46. The molecule has 2 fully saturated rings. The van der Waals surface area contributed by atoms with Gasteiger partial charge in [-0.05, 0) is 49.3 Å². The Balaban J connectivity index is 1.64. The highest BCUT2D eigenvalue weighted by molar-refractivity contribution is 5.87. The number of aromatic amines is 1. The number of hydrogen-bond donors (Lipinski definition) is 2. The molecule has 0 radical (unpaired) electrons. The molecule has 0 spiro atoms. The standard InChI is InChI=1S/C26H27F5N6O3/c27-18-4-1-3-17(21(18)28)15-6-7-19(23(38)36(13-15)14-26(29,30)31)33-24(39)35-11-8-16(9-12-35)37-20-5-2-10-32-22(20)34-25(37)40/h1-5,10,15-16,19H,6-9,11-14H2,(H,33,39)(H,32,34,40)/t15-,19-/m1/s1/i6D2,8D2,9D2,11D2,12D2,14D2,16D. The molecule has 0 bridgehead atoms. The summed E-state index contributed by atoms with van der Waals surface area (Å²) in [6.07, 6.45) is -17.7. The predicted molar refractivity (Wildman–Crippen MR) is 133 cm³/mol. The number of urea groups is 1. The Morgan fingerprint density at radius 2 is 1.93 bits per heavy atom. The molecule has 3 amide bonds. The van der Waals surface area contributed by atoms with Crippen molar-refractivity contribution in [2.75, 3.05) is 26.0 Å². The van der Waals surface area contributed by atoms with Crippen LogP contribution in [0.3, 0.4) is 0 Å². The van der Waals surface area contributed by atoms with Crippen LogP contribution in [0.15, 0.2) is 41.3 Å². The molecule has 0 aliphatic carbocycles. The van der Waals surface area contributed by atoms with Gasteiger partial charge in [-0.3, -0.25) is 14.3 Å². The molecule has 3 aromatic rings. The Morgan fingerprint density at radius 1 is 1.18 bits per heavy atom. The van der Waals surface area contributed by atoms with E-state index in [1.807, 2.05) is 0 Å². The number of pyridine rings is 1. The minimum atomic E-state index is -5.93. The number of piperidine rings is 1. The van der Waals surface area contributed by atoms with Crippen molar-refractivity contribution in [2.24, 2.45) is 0 Å². The average Bonchev–Trinajstić information content (AvgIpc) is 3.31. The van der Waals surface area contributed by atoms with Crippen molar-refractivity contribution in [1.29, 1.82) is 0 Å². The van der Waals surface area contributed by atoms with Crippen LogP contribution < -0.4 is 11.0 Å². The normalized spacial score (nSPS) is 33.3. The molecule has 4 heterocycles. The lowest BCUT2D eigenvalue weighted by molar-refractivity contribution is -0.162. The van der Waals surface area contributed by atoms with Gasteiger partial charge in [0.05, 0.1) is 9.63 Å². The van der Waals surface area contributed by atoms with Gasteiger partial charge in [0.15, 0.2) is 17.3 Å². The number of benzene rings is 1. The summed E-state index contributed by atoms with van der Waals surface area (Å²) >= 11 is 0. The van der Waals surface area contributed by atoms with Gasteiger partial charge >= 0.3 is 17.9 Å². The van der Waals surface area contributed by atoms with Crippen LogP contribution in [0.4, 0.5) is 26.7 Å². The number of nitrogens with one attached hydrogen (secondary N) is 2. The maximum Gasteiger partial charge on any atom is 0.406 e. The van der Waals surface area contributed by atoms with Gasteiger partial charge in [0.25, 0.3) is 0 Å². The number of nitrogens with zero attached hydrogens (tertiary/aromatic N) is 4. The summed E-state index contributed by atoms with van der Waals surface area (Å²) in [7, 11) is 0. The van der Waals surface area contributed by atoms with Crippen molar-refractivity contribution in [3.05, 3.63) is 64.2 Å². The molecule has 2 saturated heterocycles. The largest absolute Gasteiger partial charge is 0.406 e. The Hall–Kier alpha value is -3.97. The Kier molecular flexibility index (Phi) is 4.28. The fraction of sp³-hybridized carbons (Fsp3) is 0.462. The molecule has 1 aromatic carbocycles. The first-order valence-electron chi connectivity index (χ1n) is 17.9. The van der Waals surface area contributed by atoms with Crippen molar-refractivity contribution < 1.29 is 49.4 Å². The molecule has 40 heavy (non-hydrogen) atoms. The number of rotatable bonds is 4. The number of amides is 3. The van der Waals surface area contributed by atoms with Crippen LogP contribution in [0.1, 0.15) is 60.9 Å². The highest BCUT2D eigenvalue weighted by Gasteiger charge is 2.40. The average molecular weight is 580 g/mol. The van der Waals surface area contributed by atoms with Crippen LogP contribution in [0.5, 0.6) is 0 Å². The van der Waals surface area contributed by atoms with Gasteiger partial charge in [0.1, 0.15) is 12.5 Å². The number of likely N-dealkylation sites (tertiary alicyclic amines) is 2. The fourth-order valence-electron chi connectivity index (χ4n) is 4.10. The van der Waals surface area contributed by atoms with Crippen molar-refractivity contribution >= 4 is 23.1 Å². The van der Waals surface area contributed by atoms with Crippen LogP contribution in [-0.2, 0) is 4.79 Å². The first-order chi connectivity index (χ1) is 23.9. The number of aromatic nitrogens is 3. The van der Waals surface area contributed by atoms with Crippen molar-refractivity contribution in [3.63, 3.8) is 0 Å². The zero-order valence-corrected chi connectivity index (χ0v) is 19.9. The van der Waals surface area contributed by atoms with Crippen molar-refractivity contribution in [3.8, 4) is 0 Å². The molecule has 2 atom stereocenters. The molecule has 214 valence electrons. The second-order valence-electron chi connectivity index (χ2n) is 8.46. The lowest BCUT2D eigenvalue weighted by Gasteiger charge is -2.34. The van der Waals surface area contributed by atoms with Crippen molar-refractivity contribution in [1.82, 2.24) is 29.7 Å². The number of halogens is 5. The van der Waals surface area contributed by atoms with E-state index in [4.69, 9.17) is 17.8 Å². The second kappa shape index (κ2) is 10.9. The van der Waals surface area contributed by atoms with Crippen LogP contribution >= 0.6 is 0 Å². The Labute approximate surface area is 243 Å². The van der Waals surface area contributed by atoms with Gasteiger partial charge in [0.2, 0.25) is 5.91 Å². The zero-order valence-electron chi connectivity index (χ0n) is 32.9. The van der Waals surface area contributed by atoms with Gasteiger partial charge < -0.3 is 15.1 Å². The number of carbonyl (C=O) groups excluding carboxylic acids is 2. The van der Waals surface area contributed by atoms with E-state index in [2.05, 4.69) is 9.97 Å². The molecule has 2 N–H and O–H groups in total. The van der Waals surface area contributed by atoms with E-state index in [0.29, 0.717) is 6.07 Å². The van der Waals surface area contributed by atoms with Crippen LogP contribution in [0.2, 0.25) is 0 Å². The summed E-state index contributed by atoms with van der Waals surface area (Å²) in [6, 6.07) is -4.51. The first kappa shape index (κ1) is 15.7.